The van der Waals surface area contributed by atoms with Gasteiger partial charge in [-0.2, -0.15) is 0 Å². The van der Waals surface area contributed by atoms with E-state index in [2.05, 4.69) is 0 Å². The molecule has 1 atom stereocenters. The molecule has 1 N–H and O–H groups in total. The first-order chi connectivity index (χ1) is 7.86. The third-order valence-electron chi connectivity index (χ3n) is 3.96. The first-order valence-corrected chi connectivity index (χ1v) is 6.85. The van der Waals surface area contributed by atoms with Crippen molar-refractivity contribution in [3.63, 3.8) is 0 Å². The average molecular weight is 224 g/mol. The molecule has 1 aliphatic carbocycles. The lowest BCUT2D eigenvalue weighted by Crippen LogP contribution is -2.17. The van der Waals surface area contributed by atoms with Crippen molar-refractivity contribution < 1.29 is 9.84 Å². The normalized spacial score (nSPS) is 24.7. The number of aliphatic hydroxyl groups is 1. The summed E-state index contributed by atoms with van der Waals surface area (Å²) in [6.07, 6.45) is 12.7. The second kappa shape index (κ2) is 6.29. The highest BCUT2D eigenvalue weighted by Crippen LogP contribution is 2.29. The van der Waals surface area contributed by atoms with E-state index in [0.717, 1.165) is 37.4 Å². The Balaban J connectivity index is 1.69. The van der Waals surface area contributed by atoms with Crippen molar-refractivity contribution in [2.24, 2.45) is 5.92 Å². The van der Waals surface area contributed by atoms with Crippen molar-refractivity contribution in [1.82, 2.24) is 0 Å². The lowest BCUT2D eigenvalue weighted by molar-refractivity contribution is 0.152. The van der Waals surface area contributed by atoms with E-state index in [-0.39, 0.29) is 6.10 Å². The highest BCUT2D eigenvalue weighted by atomic mass is 16.5. The highest BCUT2D eigenvalue weighted by Gasteiger charge is 2.18. The van der Waals surface area contributed by atoms with Crippen LogP contribution in [0.15, 0.2) is 11.8 Å². The molecule has 2 nitrogen and oxygen atoms in total. The predicted molar refractivity (Wildman–Crippen MR) is 65.1 cm³/mol. The van der Waals surface area contributed by atoms with Crippen molar-refractivity contribution >= 4 is 0 Å². The van der Waals surface area contributed by atoms with E-state index in [4.69, 9.17) is 4.74 Å². The Morgan fingerprint density at radius 1 is 1.25 bits per heavy atom. The molecule has 16 heavy (non-hydrogen) atoms. The fourth-order valence-corrected chi connectivity index (χ4v) is 2.88. The minimum Gasteiger partial charge on any atom is -0.501 e. The Labute approximate surface area is 98.7 Å². The van der Waals surface area contributed by atoms with Gasteiger partial charge >= 0.3 is 0 Å². The van der Waals surface area contributed by atoms with Gasteiger partial charge in [-0.1, -0.05) is 32.1 Å². The molecule has 92 valence electrons. The molecule has 1 saturated carbocycles. The van der Waals surface area contributed by atoms with E-state index in [1.165, 1.54) is 38.5 Å². The summed E-state index contributed by atoms with van der Waals surface area (Å²) in [5.41, 5.74) is 1.11. The molecule has 0 amide bonds. The van der Waals surface area contributed by atoms with Crippen LogP contribution in [-0.4, -0.2) is 17.8 Å². The van der Waals surface area contributed by atoms with Gasteiger partial charge in [0.15, 0.2) is 0 Å². The second-order valence-electron chi connectivity index (χ2n) is 5.26. The number of rotatable bonds is 4. The van der Waals surface area contributed by atoms with Gasteiger partial charge in [-0.3, -0.25) is 0 Å². The summed E-state index contributed by atoms with van der Waals surface area (Å²) in [6, 6.07) is 0. The van der Waals surface area contributed by atoms with E-state index >= 15 is 0 Å². The largest absolute Gasteiger partial charge is 0.501 e. The summed E-state index contributed by atoms with van der Waals surface area (Å²) in [7, 11) is 0. The van der Waals surface area contributed by atoms with Gasteiger partial charge in [-0.15, -0.1) is 0 Å². The Bertz CT molecular complexity index is 229. The fourth-order valence-electron chi connectivity index (χ4n) is 2.88. The van der Waals surface area contributed by atoms with E-state index in [9.17, 15) is 5.11 Å². The van der Waals surface area contributed by atoms with Gasteiger partial charge in [-0.25, -0.2) is 0 Å². The zero-order valence-electron chi connectivity index (χ0n) is 10.2. The molecule has 2 rings (SSSR count). The van der Waals surface area contributed by atoms with Crippen LogP contribution in [0.1, 0.15) is 57.8 Å². The van der Waals surface area contributed by atoms with Gasteiger partial charge in [0.2, 0.25) is 0 Å². The summed E-state index contributed by atoms with van der Waals surface area (Å²) in [6.45, 7) is 0.818. The Hall–Kier alpha value is -0.500. The van der Waals surface area contributed by atoms with Crippen LogP contribution in [0.25, 0.3) is 0 Å². The minimum atomic E-state index is -0.248. The molecular weight excluding hydrogens is 200 g/mol. The topological polar surface area (TPSA) is 29.5 Å². The van der Waals surface area contributed by atoms with Crippen LogP contribution in [-0.2, 0) is 4.74 Å². The lowest BCUT2D eigenvalue weighted by atomic mass is 9.84. The molecule has 0 radical (unpaired) electrons. The molecule has 1 heterocycles. The Kier molecular flexibility index (Phi) is 4.70. The summed E-state index contributed by atoms with van der Waals surface area (Å²) in [4.78, 5) is 0. The molecule has 0 spiro atoms. The minimum absolute atomic E-state index is 0.248. The predicted octanol–water partition coefficient (Wildman–Crippen LogP) is 3.40. The van der Waals surface area contributed by atoms with Crippen molar-refractivity contribution in [2.75, 3.05) is 6.61 Å². The maximum absolute atomic E-state index is 10.1. The van der Waals surface area contributed by atoms with Gasteiger partial charge in [-0.05, 0) is 37.2 Å². The SMILES string of the molecule is OC(CCC1CCCCC1)C1=COCCC1. The van der Waals surface area contributed by atoms with E-state index < -0.39 is 0 Å². The van der Waals surface area contributed by atoms with Crippen LogP contribution in [0.5, 0.6) is 0 Å². The van der Waals surface area contributed by atoms with Crippen molar-refractivity contribution in [3.8, 4) is 0 Å². The molecule has 2 heteroatoms. The highest BCUT2D eigenvalue weighted by molar-refractivity contribution is 5.06. The Morgan fingerprint density at radius 2 is 2.06 bits per heavy atom. The zero-order valence-corrected chi connectivity index (χ0v) is 10.2. The van der Waals surface area contributed by atoms with Crippen LogP contribution in [0, 0.1) is 5.92 Å². The van der Waals surface area contributed by atoms with Gasteiger partial charge in [0.25, 0.3) is 0 Å². The molecule has 2 aliphatic rings. The van der Waals surface area contributed by atoms with Crippen LogP contribution >= 0.6 is 0 Å². The van der Waals surface area contributed by atoms with Crippen LogP contribution in [0.3, 0.4) is 0 Å². The Morgan fingerprint density at radius 3 is 2.75 bits per heavy atom. The maximum atomic E-state index is 10.1. The van der Waals surface area contributed by atoms with Crippen LogP contribution in [0.4, 0.5) is 0 Å². The second-order valence-corrected chi connectivity index (χ2v) is 5.26. The third kappa shape index (κ3) is 3.51. The van der Waals surface area contributed by atoms with Gasteiger partial charge < -0.3 is 9.84 Å². The summed E-state index contributed by atoms with van der Waals surface area (Å²) in [5, 5.41) is 10.1. The monoisotopic (exact) mass is 224 g/mol. The number of aliphatic hydroxyl groups excluding tert-OH is 1. The van der Waals surface area contributed by atoms with E-state index in [1.54, 1.807) is 6.26 Å². The van der Waals surface area contributed by atoms with Gasteiger partial charge in [0.05, 0.1) is 19.0 Å². The zero-order chi connectivity index (χ0) is 11.2. The summed E-state index contributed by atoms with van der Waals surface area (Å²) < 4.78 is 5.27. The molecule has 1 aliphatic heterocycles. The summed E-state index contributed by atoms with van der Waals surface area (Å²) >= 11 is 0. The van der Waals surface area contributed by atoms with Crippen molar-refractivity contribution in [1.29, 1.82) is 0 Å². The number of hydrogen-bond acceptors (Lipinski definition) is 2. The molecule has 0 aromatic heterocycles. The van der Waals surface area contributed by atoms with Crippen LogP contribution < -0.4 is 0 Å². The molecule has 0 bridgehead atoms. The fraction of sp³-hybridized carbons (Fsp3) is 0.857. The molecule has 1 fully saturated rings. The van der Waals surface area contributed by atoms with Crippen molar-refractivity contribution in [2.45, 2.75) is 63.9 Å². The number of ether oxygens (including phenoxy) is 1. The molecular formula is C14H24O2. The molecule has 0 saturated heterocycles. The van der Waals surface area contributed by atoms with E-state index in [1.807, 2.05) is 0 Å². The standard InChI is InChI=1S/C14H24O2/c15-14(13-7-4-10-16-11-13)9-8-12-5-2-1-3-6-12/h11-12,14-15H,1-10H2. The van der Waals surface area contributed by atoms with Gasteiger partial charge in [0, 0.05) is 0 Å². The first-order valence-electron chi connectivity index (χ1n) is 6.85. The number of hydrogen-bond donors (Lipinski definition) is 1. The van der Waals surface area contributed by atoms with Gasteiger partial charge in [0.1, 0.15) is 0 Å². The molecule has 1 unspecified atom stereocenters. The van der Waals surface area contributed by atoms with Crippen molar-refractivity contribution in [3.05, 3.63) is 11.8 Å². The molecule has 0 aromatic carbocycles. The average Bonchev–Trinajstić information content (AvgIpc) is 2.38. The summed E-state index contributed by atoms with van der Waals surface area (Å²) in [5.74, 6) is 0.869. The smallest absolute Gasteiger partial charge is 0.0876 e. The quantitative estimate of drug-likeness (QED) is 0.793. The third-order valence-corrected chi connectivity index (χ3v) is 3.96. The maximum Gasteiger partial charge on any atom is 0.0876 e. The molecule has 0 aromatic rings. The van der Waals surface area contributed by atoms with E-state index in [0.29, 0.717) is 0 Å². The first kappa shape index (κ1) is 12.0. The lowest BCUT2D eigenvalue weighted by Gasteiger charge is -2.24. The van der Waals surface area contributed by atoms with Crippen LogP contribution in [0.2, 0.25) is 0 Å².